The van der Waals surface area contributed by atoms with Crippen LogP contribution in [-0.4, -0.2) is 16.0 Å². The molecule has 0 unspecified atom stereocenters. The SMILES string of the molecule is CCc1c(C)noc1NC(=O)CCc1nc2ccccc2s1. The summed E-state index contributed by atoms with van der Waals surface area (Å²) in [6.45, 7) is 3.88. The van der Waals surface area contributed by atoms with Gasteiger partial charge in [0.15, 0.2) is 0 Å². The Morgan fingerprint density at radius 3 is 2.95 bits per heavy atom. The molecule has 6 heteroatoms. The number of aryl methyl sites for hydroxylation is 2. The third-order valence-electron chi connectivity index (χ3n) is 3.50. The molecule has 0 radical (unpaired) electrons. The van der Waals surface area contributed by atoms with Crippen LogP contribution in [0.4, 0.5) is 5.88 Å². The van der Waals surface area contributed by atoms with Crippen LogP contribution in [0.15, 0.2) is 28.8 Å². The molecule has 0 saturated carbocycles. The number of para-hydroxylation sites is 1. The minimum atomic E-state index is -0.0786. The predicted molar refractivity (Wildman–Crippen MR) is 87.2 cm³/mol. The number of benzene rings is 1. The van der Waals surface area contributed by atoms with Gasteiger partial charge >= 0.3 is 0 Å². The average Bonchev–Trinajstić information content (AvgIpc) is 3.08. The van der Waals surface area contributed by atoms with E-state index in [0.29, 0.717) is 18.7 Å². The first-order chi connectivity index (χ1) is 10.7. The van der Waals surface area contributed by atoms with E-state index in [9.17, 15) is 4.79 Å². The molecule has 0 fully saturated rings. The summed E-state index contributed by atoms with van der Waals surface area (Å²) in [5.74, 6) is 0.388. The number of anilines is 1. The Kier molecular flexibility index (Phi) is 4.20. The van der Waals surface area contributed by atoms with E-state index < -0.39 is 0 Å². The van der Waals surface area contributed by atoms with Crippen molar-refractivity contribution in [2.24, 2.45) is 0 Å². The molecule has 22 heavy (non-hydrogen) atoms. The number of fused-ring (bicyclic) bond motifs is 1. The predicted octanol–water partition coefficient (Wildman–Crippen LogP) is 3.73. The van der Waals surface area contributed by atoms with Gasteiger partial charge in [0.2, 0.25) is 11.8 Å². The van der Waals surface area contributed by atoms with Crippen LogP contribution >= 0.6 is 11.3 Å². The molecular weight excluding hydrogens is 298 g/mol. The first-order valence-corrected chi connectivity index (χ1v) is 8.08. The Labute approximate surface area is 132 Å². The van der Waals surface area contributed by atoms with Crippen molar-refractivity contribution in [2.45, 2.75) is 33.1 Å². The zero-order valence-corrected chi connectivity index (χ0v) is 13.4. The Bertz CT molecular complexity index is 774. The summed E-state index contributed by atoms with van der Waals surface area (Å²) in [5, 5.41) is 7.66. The number of nitrogens with one attached hydrogen (secondary N) is 1. The quantitative estimate of drug-likeness (QED) is 0.779. The molecular formula is C16H17N3O2S. The van der Waals surface area contributed by atoms with E-state index in [-0.39, 0.29) is 5.91 Å². The van der Waals surface area contributed by atoms with Crippen LogP contribution in [-0.2, 0) is 17.6 Å². The number of thiazole rings is 1. The minimum absolute atomic E-state index is 0.0786. The zero-order chi connectivity index (χ0) is 15.5. The largest absolute Gasteiger partial charge is 0.338 e. The van der Waals surface area contributed by atoms with E-state index in [4.69, 9.17) is 4.52 Å². The van der Waals surface area contributed by atoms with Crippen molar-refractivity contribution in [1.82, 2.24) is 10.1 Å². The maximum atomic E-state index is 12.1. The monoisotopic (exact) mass is 315 g/mol. The standard InChI is InChI=1S/C16H17N3O2S/c1-3-11-10(2)19-21-16(11)18-14(20)8-9-15-17-12-6-4-5-7-13(12)22-15/h4-7H,3,8-9H2,1-2H3,(H,18,20). The van der Waals surface area contributed by atoms with Crippen molar-refractivity contribution in [3.8, 4) is 0 Å². The van der Waals surface area contributed by atoms with Crippen molar-refractivity contribution in [3.05, 3.63) is 40.5 Å². The van der Waals surface area contributed by atoms with Crippen LogP contribution in [0.25, 0.3) is 10.2 Å². The van der Waals surface area contributed by atoms with Crippen LogP contribution in [0.2, 0.25) is 0 Å². The van der Waals surface area contributed by atoms with E-state index in [1.54, 1.807) is 11.3 Å². The summed E-state index contributed by atoms with van der Waals surface area (Å²) in [4.78, 5) is 16.6. The molecule has 0 aliphatic carbocycles. The van der Waals surface area contributed by atoms with E-state index in [2.05, 4.69) is 15.5 Å². The fourth-order valence-corrected chi connectivity index (χ4v) is 3.31. The smallest absolute Gasteiger partial charge is 0.234 e. The highest BCUT2D eigenvalue weighted by atomic mass is 32.1. The summed E-state index contributed by atoms with van der Waals surface area (Å²) in [6.07, 6.45) is 1.78. The Hall–Kier alpha value is -2.21. The van der Waals surface area contributed by atoms with Gasteiger partial charge in [-0.1, -0.05) is 24.2 Å². The van der Waals surface area contributed by atoms with Gasteiger partial charge in [-0.05, 0) is 25.5 Å². The fourth-order valence-electron chi connectivity index (χ4n) is 2.34. The highest BCUT2D eigenvalue weighted by Gasteiger charge is 2.14. The number of aromatic nitrogens is 2. The number of amides is 1. The topological polar surface area (TPSA) is 68.0 Å². The molecule has 5 nitrogen and oxygen atoms in total. The number of rotatable bonds is 5. The molecule has 2 heterocycles. The number of nitrogens with zero attached hydrogens (tertiary/aromatic N) is 2. The third-order valence-corrected chi connectivity index (χ3v) is 4.59. The normalized spacial score (nSPS) is 11.0. The van der Waals surface area contributed by atoms with E-state index in [1.807, 2.05) is 38.1 Å². The highest BCUT2D eigenvalue weighted by Crippen LogP contribution is 2.23. The first-order valence-electron chi connectivity index (χ1n) is 7.27. The number of hydrogen-bond acceptors (Lipinski definition) is 5. The van der Waals surface area contributed by atoms with Gasteiger partial charge < -0.3 is 4.52 Å². The van der Waals surface area contributed by atoms with Crippen molar-refractivity contribution in [1.29, 1.82) is 0 Å². The molecule has 114 valence electrons. The average molecular weight is 315 g/mol. The van der Waals surface area contributed by atoms with Crippen molar-refractivity contribution in [2.75, 3.05) is 5.32 Å². The van der Waals surface area contributed by atoms with Crippen LogP contribution in [0.1, 0.15) is 29.6 Å². The maximum Gasteiger partial charge on any atom is 0.234 e. The van der Waals surface area contributed by atoms with Gasteiger partial charge in [0.05, 0.1) is 20.9 Å². The lowest BCUT2D eigenvalue weighted by Gasteiger charge is -2.02. The van der Waals surface area contributed by atoms with E-state index >= 15 is 0 Å². The second-order valence-corrected chi connectivity index (χ2v) is 6.17. The maximum absolute atomic E-state index is 12.1. The first kappa shape index (κ1) is 14.7. The van der Waals surface area contributed by atoms with Gasteiger partial charge in [0, 0.05) is 18.4 Å². The number of carbonyl (C=O) groups is 1. The van der Waals surface area contributed by atoms with Gasteiger partial charge in [-0.2, -0.15) is 0 Å². The third kappa shape index (κ3) is 3.01. The molecule has 0 aliphatic heterocycles. The zero-order valence-electron chi connectivity index (χ0n) is 12.5. The molecule has 0 aliphatic rings. The highest BCUT2D eigenvalue weighted by molar-refractivity contribution is 7.18. The van der Waals surface area contributed by atoms with E-state index in [1.165, 1.54) is 0 Å². The molecule has 1 N–H and O–H groups in total. The summed E-state index contributed by atoms with van der Waals surface area (Å²) >= 11 is 1.63. The molecule has 0 spiro atoms. The molecule has 0 bridgehead atoms. The molecule has 3 aromatic rings. The lowest BCUT2D eigenvalue weighted by atomic mass is 10.2. The second-order valence-electron chi connectivity index (χ2n) is 5.05. The van der Waals surface area contributed by atoms with Gasteiger partial charge in [-0.15, -0.1) is 11.3 Å². The molecule has 1 amide bonds. The second kappa shape index (κ2) is 6.27. The number of carbonyl (C=O) groups excluding carboxylic acids is 1. The lowest BCUT2D eigenvalue weighted by molar-refractivity contribution is -0.116. The molecule has 0 atom stereocenters. The summed E-state index contributed by atoms with van der Waals surface area (Å²) in [6, 6.07) is 7.99. The molecule has 3 rings (SSSR count). The van der Waals surface area contributed by atoms with E-state index in [0.717, 1.165) is 32.9 Å². The van der Waals surface area contributed by atoms with Crippen LogP contribution in [0.5, 0.6) is 0 Å². The van der Waals surface area contributed by atoms with Crippen LogP contribution < -0.4 is 5.32 Å². The van der Waals surface area contributed by atoms with Crippen molar-refractivity contribution in [3.63, 3.8) is 0 Å². The van der Waals surface area contributed by atoms with Crippen molar-refractivity contribution >= 4 is 33.3 Å². The molecule has 2 aromatic heterocycles. The van der Waals surface area contributed by atoms with Crippen molar-refractivity contribution < 1.29 is 9.32 Å². The molecule has 1 aromatic carbocycles. The summed E-state index contributed by atoms with van der Waals surface area (Å²) in [7, 11) is 0. The minimum Gasteiger partial charge on any atom is -0.338 e. The Morgan fingerprint density at radius 2 is 2.18 bits per heavy atom. The number of hydrogen-bond donors (Lipinski definition) is 1. The van der Waals surface area contributed by atoms with Gasteiger partial charge in [-0.25, -0.2) is 4.98 Å². The van der Waals surface area contributed by atoms with Crippen LogP contribution in [0.3, 0.4) is 0 Å². The van der Waals surface area contributed by atoms with Gasteiger partial charge in [0.25, 0.3) is 0 Å². The molecule has 0 saturated heterocycles. The van der Waals surface area contributed by atoms with Crippen LogP contribution in [0, 0.1) is 6.92 Å². The Balaban J connectivity index is 1.62. The summed E-state index contributed by atoms with van der Waals surface area (Å²) in [5.41, 5.74) is 2.76. The Morgan fingerprint density at radius 1 is 1.36 bits per heavy atom. The van der Waals surface area contributed by atoms with Gasteiger partial charge in [0.1, 0.15) is 0 Å². The lowest BCUT2D eigenvalue weighted by Crippen LogP contribution is -2.12. The summed E-state index contributed by atoms with van der Waals surface area (Å²) < 4.78 is 6.31. The van der Waals surface area contributed by atoms with Gasteiger partial charge in [-0.3, -0.25) is 10.1 Å². The fraction of sp³-hybridized carbons (Fsp3) is 0.312.